The Morgan fingerprint density at radius 1 is 1.29 bits per heavy atom. The third-order valence-corrected chi connectivity index (χ3v) is 5.49. The van der Waals surface area contributed by atoms with Crippen molar-refractivity contribution < 1.29 is 10.0 Å². The number of aryl methyl sites for hydroxylation is 2. The Labute approximate surface area is 164 Å². The van der Waals surface area contributed by atoms with Crippen LogP contribution < -0.4 is 10.8 Å². The minimum Gasteiger partial charge on any atom is -0.361 e. The molecule has 0 aliphatic heterocycles. The summed E-state index contributed by atoms with van der Waals surface area (Å²) in [7, 11) is 0. The zero-order valence-electron chi connectivity index (χ0n) is 16.0. The van der Waals surface area contributed by atoms with Gasteiger partial charge in [-0.15, -0.1) is 0 Å². The number of hydroxylamine groups is 1. The predicted octanol–water partition coefficient (Wildman–Crippen LogP) is 3.81. The summed E-state index contributed by atoms with van der Waals surface area (Å²) in [5.41, 5.74) is 9.07. The van der Waals surface area contributed by atoms with Crippen molar-refractivity contribution in [3.8, 4) is 0 Å². The van der Waals surface area contributed by atoms with Crippen LogP contribution in [0.4, 0.5) is 0 Å². The van der Waals surface area contributed by atoms with Gasteiger partial charge >= 0.3 is 0 Å². The third-order valence-electron chi connectivity index (χ3n) is 5.49. The topological polar surface area (TPSA) is 77.2 Å². The fourth-order valence-electron chi connectivity index (χ4n) is 4.05. The van der Waals surface area contributed by atoms with Crippen LogP contribution in [0.5, 0.6) is 0 Å². The lowest BCUT2D eigenvalue weighted by Gasteiger charge is -2.14. The van der Waals surface area contributed by atoms with Crippen LogP contribution in [-0.2, 0) is 17.6 Å². The van der Waals surface area contributed by atoms with E-state index in [2.05, 4.69) is 53.8 Å². The van der Waals surface area contributed by atoms with Crippen molar-refractivity contribution in [3.63, 3.8) is 0 Å². The normalized spacial score (nSPS) is 16.0. The monoisotopic (exact) mass is 375 g/mol. The molecule has 1 unspecified atom stereocenters. The molecule has 144 valence electrons. The van der Waals surface area contributed by atoms with E-state index in [-0.39, 0.29) is 0 Å². The van der Waals surface area contributed by atoms with Crippen LogP contribution in [0.2, 0.25) is 0 Å². The van der Waals surface area contributed by atoms with Crippen molar-refractivity contribution >= 4 is 22.9 Å². The number of nitrogens with one attached hydrogen (secondary N) is 3. The Morgan fingerprint density at radius 2 is 2.18 bits per heavy atom. The van der Waals surface area contributed by atoms with Gasteiger partial charge in [0.2, 0.25) is 0 Å². The maximum Gasteiger partial charge on any atom is 0.267 e. The Bertz CT molecular complexity index is 1040. The summed E-state index contributed by atoms with van der Waals surface area (Å²) >= 11 is 0. The molecule has 5 nitrogen and oxygen atoms in total. The summed E-state index contributed by atoms with van der Waals surface area (Å²) in [4.78, 5) is 14.5. The number of H-pyrrole nitrogens is 1. The number of carbonyl (C=O) groups excluding carboxylic acids is 1. The fraction of sp³-hybridized carbons (Fsp3) is 0.261. The lowest BCUT2D eigenvalue weighted by molar-refractivity contribution is -0.124. The number of hydrogen-bond donors (Lipinski definition) is 4. The molecule has 5 heteroatoms. The SMILES string of the molecule is Cc1ccc2c(CCNC3CCc4cc(/C=C/C(=O)NO)ccc43)c[nH]c2c1. The molecule has 0 spiro atoms. The Hall–Kier alpha value is -2.89. The van der Waals surface area contributed by atoms with Gasteiger partial charge in [-0.2, -0.15) is 0 Å². The van der Waals surface area contributed by atoms with Crippen LogP contribution in [0.15, 0.2) is 48.7 Å². The first-order valence-corrected chi connectivity index (χ1v) is 9.69. The molecule has 3 aromatic rings. The van der Waals surface area contributed by atoms with Crippen molar-refractivity contribution in [2.45, 2.75) is 32.2 Å². The number of amides is 1. The highest BCUT2D eigenvalue weighted by molar-refractivity contribution is 5.90. The Balaban J connectivity index is 1.38. The van der Waals surface area contributed by atoms with E-state index in [9.17, 15) is 4.79 Å². The van der Waals surface area contributed by atoms with Gasteiger partial charge in [0.15, 0.2) is 0 Å². The van der Waals surface area contributed by atoms with Gasteiger partial charge in [-0.05, 0) is 72.7 Å². The van der Waals surface area contributed by atoms with Crippen molar-refractivity contribution in [1.29, 1.82) is 0 Å². The molecule has 0 bridgehead atoms. The van der Waals surface area contributed by atoms with Gasteiger partial charge in [-0.25, -0.2) is 5.48 Å². The fourth-order valence-corrected chi connectivity index (χ4v) is 4.05. The minimum absolute atomic E-state index is 0.376. The van der Waals surface area contributed by atoms with E-state index in [1.807, 2.05) is 6.07 Å². The Kier molecular flexibility index (Phi) is 5.28. The molecule has 2 aromatic carbocycles. The molecule has 0 fully saturated rings. The lowest BCUT2D eigenvalue weighted by Crippen LogP contribution is -2.21. The number of aromatic nitrogens is 1. The van der Waals surface area contributed by atoms with Crippen LogP contribution in [0.1, 0.15) is 40.3 Å². The molecule has 28 heavy (non-hydrogen) atoms. The van der Waals surface area contributed by atoms with Crippen molar-refractivity contribution in [3.05, 3.63) is 76.5 Å². The average Bonchev–Trinajstić information content (AvgIpc) is 3.29. The maximum absolute atomic E-state index is 11.1. The van der Waals surface area contributed by atoms with Crippen LogP contribution in [-0.4, -0.2) is 22.6 Å². The van der Waals surface area contributed by atoms with Crippen molar-refractivity contribution in [2.75, 3.05) is 6.54 Å². The molecule has 1 aliphatic rings. The van der Waals surface area contributed by atoms with Gasteiger partial charge in [0.1, 0.15) is 0 Å². The molecular weight excluding hydrogens is 350 g/mol. The molecule has 0 saturated carbocycles. The number of fused-ring (bicyclic) bond motifs is 2. The molecular formula is C23H25N3O2. The number of benzene rings is 2. The highest BCUT2D eigenvalue weighted by Crippen LogP contribution is 2.32. The van der Waals surface area contributed by atoms with E-state index in [0.29, 0.717) is 6.04 Å². The van der Waals surface area contributed by atoms with E-state index < -0.39 is 5.91 Å². The van der Waals surface area contributed by atoms with Gasteiger partial charge in [-0.3, -0.25) is 10.0 Å². The molecule has 4 N–H and O–H groups in total. The standard InChI is InChI=1S/C23H25N3O2/c1-15-2-6-20-18(14-25-22(20)12-15)10-11-24-21-8-5-17-13-16(3-7-19(17)21)4-9-23(27)26-28/h2-4,6-7,9,12-14,21,24-25,28H,5,8,10-11H2,1H3,(H,26,27)/b9-4+. The summed E-state index contributed by atoms with van der Waals surface area (Å²) < 4.78 is 0. The van der Waals surface area contributed by atoms with Crippen LogP contribution in [0.3, 0.4) is 0 Å². The third kappa shape index (κ3) is 3.86. The first kappa shape index (κ1) is 18.5. The van der Waals surface area contributed by atoms with Crippen molar-refractivity contribution in [2.24, 2.45) is 0 Å². The summed E-state index contributed by atoms with van der Waals surface area (Å²) in [5.74, 6) is -0.521. The molecule has 1 aromatic heterocycles. The van der Waals surface area contributed by atoms with Gasteiger partial charge in [0.25, 0.3) is 5.91 Å². The number of hydrogen-bond acceptors (Lipinski definition) is 3. The summed E-state index contributed by atoms with van der Waals surface area (Å²) in [6.45, 7) is 3.05. The zero-order valence-corrected chi connectivity index (χ0v) is 16.0. The van der Waals surface area contributed by atoms with Crippen LogP contribution in [0, 0.1) is 6.92 Å². The van der Waals surface area contributed by atoms with E-state index in [0.717, 1.165) is 31.4 Å². The van der Waals surface area contributed by atoms with Gasteiger partial charge < -0.3 is 10.3 Å². The predicted molar refractivity (Wildman–Crippen MR) is 111 cm³/mol. The summed E-state index contributed by atoms with van der Waals surface area (Å²) in [6.07, 6.45) is 8.28. The summed E-state index contributed by atoms with van der Waals surface area (Å²) in [5, 5.41) is 13.6. The molecule has 1 amide bonds. The largest absolute Gasteiger partial charge is 0.361 e. The summed E-state index contributed by atoms with van der Waals surface area (Å²) in [6, 6.07) is 13.2. The average molecular weight is 375 g/mol. The molecule has 1 heterocycles. The quantitative estimate of drug-likeness (QED) is 0.301. The van der Waals surface area contributed by atoms with E-state index in [1.54, 1.807) is 11.6 Å². The van der Waals surface area contributed by atoms with Crippen LogP contribution in [0.25, 0.3) is 17.0 Å². The molecule has 0 saturated heterocycles. The van der Waals surface area contributed by atoms with E-state index in [4.69, 9.17) is 5.21 Å². The highest BCUT2D eigenvalue weighted by Gasteiger charge is 2.21. The lowest BCUT2D eigenvalue weighted by atomic mass is 10.0. The second-order valence-corrected chi connectivity index (χ2v) is 7.43. The number of aromatic amines is 1. The van der Waals surface area contributed by atoms with Gasteiger partial charge in [0.05, 0.1) is 0 Å². The Morgan fingerprint density at radius 3 is 3.04 bits per heavy atom. The van der Waals surface area contributed by atoms with Gasteiger partial charge in [-0.1, -0.05) is 30.3 Å². The molecule has 4 rings (SSSR count). The van der Waals surface area contributed by atoms with Crippen molar-refractivity contribution in [1.82, 2.24) is 15.8 Å². The highest BCUT2D eigenvalue weighted by atomic mass is 16.5. The zero-order chi connectivity index (χ0) is 19.5. The molecule has 1 aliphatic carbocycles. The maximum atomic E-state index is 11.1. The second-order valence-electron chi connectivity index (χ2n) is 7.43. The smallest absolute Gasteiger partial charge is 0.267 e. The van der Waals surface area contributed by atoms with E-state index >= 15 is 0 Å². The minimum atomic E-state index is -0.521. The van der Waals surface area contributed by atoms with Gasteiger partial charge in [0, 0.05) is 29.2 Å². The van der Waals surface area contributed by atoms with E-state index in [1.165, 1.54) is 39.2 Å². The molecule has 1 atom stereocenters. The first-order valence-electron chi connectivity index (χ1n) is 9.69. The van der Waals surface area contributed by atoms with Crippen LogP contribution >= 0.6 is 0 Å². The first-order chi connectivity index (χ1) is 13.6. The number of carbonyl (C=O) groups is 1. The number of rotatable bonds is 6. The second kappa shape index (κ2) is 8.00. The molecule has 0 radical (unpaired) electrons.